The minimum absolute atomic E-state index is 0.0937. The van der Waals surface area contributed by atoms with Gasteiger partial charge in [-0.1, -0.05) is 54.6 Å². The number of aromatic nitrogens is 5. The summed E-state index contributed by atoms with van der Waals surface area (Å²) < 4.78 is 15.6. The number of benzene rings is 3. The predicted molar refractivity (Wildman–Crippen MR) is 147 cm³/mol. The molecule has 0 saturated heterocycles. The molecule has 188 valence electrons. The van der Waals surface area contributed by atoms with Crippen molar-refractivity contribution < 1.29 is 4.39 Å². The maximum Gasteiger partial charge on any atom is 0.137 e. The fourth-order valence-corrected chi connectivity index (χ4v) is 4.72. The molecule has 2 heterocycles. The lowest BCUT2D eigenvalue weighted by molar-refractivity contribution is 0.610. The van der Waals surface area contributed by atoms with Crippen molar-refractivity contribution >= 4 is 30.3 Å². The highest BCUT2D eigenvalue weighted by Crippen LogP contribution is 2.37. The molecule has 0 amide bonds. The standard InChI is InChI=1S/C29H27BFN7/c1-2-25(19-6-4-3-5-7-19)34-28-24-16-22(12-15-26(24)32-18-33-28)35-29(30,20-8-10-21(31)11-9-20)27-17-38(37-36-27)23-13-14-23/h3-12,15-18,23,25,35H,2,13-14H2,1H3,(H,32,33,34)/t25-,29?/m1/s1. The summed E-state index contributed by atoms with van der Waals surface area (Å²) in [6, 6.07) is 22.7. The molecule has 1 aliphatic carbocycles. The molecule has 3 aromatic carbocycles. The minimum Gasteiger partial charge on any atom is -0.378 e. The third-order valence-corrected chi connectivity index (χ3v) is 7.03. The van der Waals surface area contributed by atoms with Crippen molar-refractivity contribution in [1.29, 1.82) is 0 Å². The molecule has 5 aromatic rings. The van der Waals surface area contributed by atoms with E-state index in [1.165, 1.54) is 17.7 Å². The highest BCUT2D eigenvalue weighted by Gasteiger charge is 2.34. The second kappa shape index (κ2) is 9.89. The molecule has 2 atom stereocenters. The van der Waals surface area contributed by atoms with Gasteiger partial charge in [0.25, 0.3) is 0 Å². The van der Waals surface area contributed by atoms with Crippen LogP contribution in [0, 0.1) is 5.82 Å². The molecule has 1 unspecified atom stereocenters. The third-order valence-electron chi connectivity index (χ3n) is 7.03. The molecule has 0 aliphatic heterocycles. The first-order valence-corrected chi connectivity index (χ1v) is 12.8. The van der Waals surface area contributed by atoms with Gasteiger partial charge in [-0.15, -0.1) is 5.10 Å². The van der Waals surface area contributed by atoms with Crippen LogP contribution in [0.15, 0.2) is 85.3 Å². The minimum atomic E-state index is -1.24. The summed E-state index contributed by atoms with van der Waals surface area (Å²) >= 11 is 0. The Morgan fingerprint density at radius 2 is 1.84 bits per heavy atom. The summed E-state index contributed by atoms with van der Waals surface area (Å²) in [6.07, 6.45) is 6.48. The fraction of sp³-hybridized carbons (Fsp3) is 0.241. The monoisotopic (exact) mass is 503 g/mol. The van der Waals surface area contributed by atoms with Gasteiger partial charge in [0.2, 0.25) is 0 Å². The summed E-state index contributed by atoms with van der Waals surface area (Å²) in [4.78, 5) is 9.03. The van der Waals surface area contributed by atoms with Crippen molar-refractivity contribution in [2.75, 3.05) is 10.6 Å². The molecule has 6 rings (SSSR count). The van der Waals surface area contributed by atoms with Crippen LogP contribution in [0.2, 0.25) is 0 Å². The van der Waals surface area contributed by atoms with Crippen LogP contribution in [0.4, 0.5) is 15.9 Å². The molecule has 0 spiro atoms. The highest BCUT2D eigenvalue weighted by molar-refractivity contribution is 6.19. The van der Waals surface area contributed by atoms with Gasteiger partial charge in [0.05, 0.1) is 29.2 Å². The number of nitrogens with zero attached hydrogens (tertiary/aromatic N) is 5. The Labute approximate surface area is 221 Å². The van der Waals surface area contributed by atoms with Crippen LogP contribution >= 0.6 is 0 Å². The summed E-state index contributed by atoms with van der Waals surface area (Å²) in [5.74, 6) is 0.402. The van der Waals surface area contributed by atoms with Crippen molar-refractivity contribution in [3.8, 4) is 0 Å². The van der Waals surface area contributed by atoms with Gasteiger partial charge in [0.15, 0.2) is 0 Å². The Hall–Kier alpha value is -4.27. The molecular weight excluding hydrogens is 476 g/mol. The van der Waals surface area contributed by atoms with Gasteiger partial charge in [-0.05, 0) is 60.7 Å². The van der Waals surface area contributed by atoms with Crippen LogP contribution in [-0.4, -0.2) is 32.8 Å². The van der Waals surface area contributed by atoms with Gasteiger partial charge in [0.1, 0.15) is 31.5 Å². The lowest BCUT2D eigenvalue weighted by Gasteiger charge is -2.31. The maximum absolute atomic E-state index is 13.8. The van der Waals surface area contributed by atoms with Gasteiger partial charge in [-0.3, -0.25) is 0 Å². The summed E-state index contributed by atoms with van der Waals surface area (Å²) in [7, 11) is 7.02. The normalized spacial score (nSPS) is 15.6. The van der Waals surface area contributed by atoms with Crippen LogP contribution in [0.3, 0.4) is 0 Å². The van der Waals surface area contributed by atoms with Crippen molar-refractivity contribution in [2.24, 2.45) is 0 Å². The average Bonchev–Trinajstić information content (AvgIpc) is 3.68. The molecule has 0 bridgehead atoms. The molecule has 2 N–H and O–H groups in total. The number of anilines is 2. The largest absolute Gasteiger partial charge is 0.378 e. The molecule has 2 aromatic heterocycles. The second-order valence-electron chi connectivity index (χ2n) is 9.72. The van der Waals surface area contributed by atoms with Crippen LogP contribution in [0.25, 0.3) is 10.9 Å². The van der Waals surface area contributed by atoms with E-state index < -0.39 is 5.44 Å². The quantitative estimate of drug-likeness (QED) is 0.250. The van der Waals surface area contributed by atoms with Gasteiger partial charge < -0.3 is 10.6 Å². The first-order valence-electron chi connectivity index (χ1n) is 12.8. The molecular formula is C29H27BFN7. The SMILES string of the molecule is [B]C(Nc1ccc2ncnc(N[C@H](CC)c3ccccc3)c2c1)(c1ccc(F)cc1)c1cn(C2CC2)nn1. The molecule has 2 radical (unpaired) electrons. The Morgan fingerprint density at radius 1 is 1.05 bits per heavy atom. The summed E-state index contributed by atoms with van der Waals surface area (Å²) in [6.45, 7) is 2.14. The Bertz CT molecular complexity index is 1550. The maximum atomic E-state index is 13.8. The Kier molecular flexibility index (Phi) is 6.27. The van der Waals surface area contributed by atoms with Crippen LogP contribution in [0.1, 0.15) is 55.1 Å². The van der Waals surface area contributed by atoms with Gasteiger partial charge >= 0.3 is 0 Å². The zero-order chi connectivity index (χ0) is 26.1. The van der Waals surface area contributed by atoms with Crippen molar-refractivity contribution in [3.05, 3.63) is 108 Å². The summed E-state index contributed by atoms with van der Waals surface area (Å²) in [5, 5.41) is 16.6. The molecule has 1 saturated carbocycles. The van der Waals surface area contributed by atoms with Gasteiger partial charge in [-0.25, -0.2) is 19.0 Å². The summed E-state index contributed by atoms with van der Waals surface area (Å²) in [5.41, 5.74) is 2.71. The third kappa shape index (κ3) is 4.72. The van der Waals surface area contributed by atoms with Gasteiger partial charge in [-0.2, -0.15) is 0 Å². The molecule has 7 nitrogen and oxygen atoms in total. The first-order chi connectivity index (χ1) is 18.5. The Balaban J connectivity index is 1.37. The van der Waals surface area contributed by atoms with E-state index in [4.69, 9.17) is 7.85 Å². The number of rotatable bonds is 9. The molecule has 38 heavy (non-hydrogen) atoms. The lowest BCUT2D eigenvalue weighted by Crippen LogP contribution is -2.37. The van der Waals surface area contributed by atoms with E-state index in [-0.39, 0.29) is 11.9 Å². The van der Waals surface area contributed by atoms with Crippen LogP contribution in [-0.2, 0) is 5.44 Å². The zero-order valence-electron chi connectivity index (χ0n) is 21.1. The number of halogens is 1. The average molecular weight is 503 g/mol. The van der Waals surface area contributed by atoms with Gasteiger partial charge in [0, 0.05) is 11.1 Å². The van der Waals surface area contributed by atoms with Crippen molar-refractivity contribution in [1.82, 2.24) is 25.0 Å². The van der Waals surface area contributed by atoms with Crippen LogP contribution < -0.4 is 10.6 Å². The number of nitrogens with one attached hydrogen (secondary N) is 2. The van der Waals surface area contributed by atoms with Crippen molar-refractivity contribution in [2.45, 2.75) is 43.7 Å². The van der Waals surface area contributed by atoms with E-state index in [1.54, 1.807) is 18.5 Å². The molecule has 1 fully saturated rings. The lowest BCUT2D eigenvalue weighted by atomic mass is 9.69. The highest BCUT2D eigenvalue weighted by atomic mass is 19.1. The van der Waals surface area contributed by atoms with Crippen molar-refractivity contribution in [3.63, 3.8) is 0 Å². The predicted octanol–water partition coefficient (Wildman–Crippen LogP) is 5.74. The molecule has 9 heteroatoms. The van der Waals surface area contributed by atoms with E-state index in [0.29, 0.717) is 17.3 Å². The van der Waals surface area contributed by atoms with E-state index >= 15 is 0 Å². The number of hydrogen-bond donors (Lipinski definition) is 2. The zero-order valence-corrected chi connectivity index (χ0v) is 21.1. The van der Waals surface area contributed by atoms with E-state index in [1.807, 2.05) is 47.3 Å². The van der Waals surface area contributed by atoms with Crippen LogP contribution in [0.5, 0.6) is 0 Å². The smallest absolute Gasteiger partial charge is 0.137 e. The number of fused-ring (bicyclic) bond motifs is 1. The fourth-order valence-electron chi connectivity index (χ4n) is 4.72. The molecule has 1 aliphatic rings. The number of hydrogen-bond acceptors (Lipinski definition) is 6. The first kappa shape index (κ1) is 24.1. The Morgan fingerprint density at radius 3 is 2.58 bits per heavy atom. The second-order valence-corrected chi connectivity index (χ2v) is 9.72. The van der Waals surface area contributed by atoms with E-state index in [9.17, 15) is 4.39 Å². The van der Waals surface area contributed by atoms with E-state index in [2.05, 4.69) is 50.0 Å². The topological polar surface area (TPSA) is 80.5 Å². The van der Waals surface area contributed by atoms with E-state index in [0.717, 1.165) is 41.7 Å².